The number of nitrogens with zero attached hydrogens (tertiary/aromatic N) is 3. The fourth-order valence-electron chi connectivity index (χ4n) is 0.870. The fourth-order valence-corrected chi connectivity index (χ4v) is 0.870. The third-order valence-electron chi connectivity index (χ3n) is 1.82. The van der Waals surface area contributed by atoms with Crippen LogP contribution in [0.15, 0.2) is 0 Å². The molecule has 6 heteroatoms. The predicted octanol–water partition coefficient (Wildman–Crippen LogP) is -0.249. The van der Waals surface area contributed by atoms with Gasteiger partial charge in [-0.05, 0) is 13.6 Å². The van der Waals surface area contributed by atoms with Crippen LogP contribution in [-0.4, -0.2) is 46.8 Å². The third kappa shape index (κ3) is 3.29. The van der Waals surface area contributed by atoms with E-state index in [0.717, 1.165) is 19.6 Å². The van der Waals surface area contributed by atoms with E-state index in [1.54, 1.807) is 0 Å². The Morgan fingerprint density at radius 1 is 1.62 bits per heavy atom. The Morgan fingerprint density at radius 3 is 2.92 bits per heavy atom. The fraction of sp³-hybridized carbons (Fsp3) is 0.714. The van der Waals surface area contributed by atoms with Gasteiger partial charge in [-0.1, -0.05) is 6.92 Å². The lowest BCUT2D eigenvalue weighted by Gasteiger charge is -2.12. The number of nitrogen functional groups attached to an aromatic ring is 1. The second-order valence-corrected chi connectivity index (χ2v) is 2.87. The van der Waals surface area contributed by atoms with Crippen LogP contribution in [0.4, 0.5) is 11.9 Å². The third-order valence-corrected chi connectivity index (χ3v) is 1.82. The molecule has 0 spiro atoms. The van der Waals surface area contributed by atoms with Crippen molar-refractivity contribution >= 4 is 11.9 Å². The highest BCUT2D eigenvalue weighted by Crippen LogP contribution is 1.97. The van der Waals surface area contributed by atoms with Gasteiger partial charge in [0.25, 0.3) is 0 Å². The lowest BCUT2D eigenvalue weighted by atomic mass is 10.5. The molecule has 0 aromatic carbocycles. The smallest absolute Gasteiger partial charge is 0.243 e. The van der Waals surface area contributed by atoms with Crippen LogP contribution in [0.3, 0.4) is 0 Å². The summed E-state index contributed by atoms with van der Waals surface area (Å²) in [6, 6.07) is 0. The number of nitrogens with one attached hydrogen (secondary N) is 2. The zero-order valence-corrected chi connectivity index (χ0v) is 8.04. The molecule has 1 heterocycles. The van der Waals surface area contributed by atoms with E-state index in [0.29, 0.717) is 11.9 Å². The van der Waals surface area contributed by atoms with E-state index in [1.165, 1.54) is 0 Å². The molecule has 0 unspecified atom stereocenters. The SMILES string of the molecule is CCN(C)CCNc1n[nH]c(N)n1. The molecule has 6 nitrogen and oxygen atoms in total. The quantitative estimate of drug-likeness (QED) is 0.588. The molecule has 0 aliphatic rings. The minimum absolute atomic E-state index is 0.339. The van der Waals surface area contributed by atoms with Gasteiger partial charge >= 0.3 is 0 Å². The van der Waals surface area contributed by atoms with Crippen molar-refractivity contribution in [2.75, 3.05) is 37.7 Å². The van der Waals surface area contributed by atoms with Gasteiger partial charge in [0.2, 0.25) is 11.9 Å². The Kier molecular flexibility index (Phi) is 3.51. The second-order valence-electron chi connectivity index (χ2n) is 2.87. The summed E-state index contributed by atoms with van der Waals surface area (Å²) in [6.07, 6.45) is 0. The summed E-state index contributed by atoms with van der Waals surface area (Å²) in [6.45, 7) is 4.94. The predicted molar refractivity (Wildman–Crippen MR) is 52.5 cm³/mol. The highest BCUT2D eigenvalue weighted by Gasteiger charge is 1.98. The Labute approximate surface area is 77.5 Å². The first kappa shape index (κ1) is 9.79. The summed E-state index contributed by atoms with van der Waals surface area (Å²) in [7, 11) is 2.06. The van der Waals surface area contributed by atoms with Crippen LogP contribution in [-0.2, 0) is 0 Å². The highest BCUT2D eigenvalue weighted by atomic mass is 15.3. The second kappa shape index (κ2) is 4.66. The molecule has 0 bridgehead atoms. The van der Waals surface area contributed by atoms with Gasteiger partial charge < -0.3 is 16.0 Å². The van der Waals surface area contributed by atoms with Crippen molar-refractivity contribution in [3.63, 3.8) is 0 Å². The van der Waals surface area contributed by atoms with Crippen LogP contribution in [0.2, 0.25) is 0 Å². The average molecular weight is 184 g/mol. The molecule has 0 aliphatic heterocycles. The molecule has 1 aromatic rings. The Hall–Kier alpha value is -1.30. The van der Waals surface area contributed by atoms with E-state index >= 15 is 0 Å². The molecule has 1 aromatic heterocycles. The standard InChI is InChI=1S/C7H16N6/c1-3-13(2)5-4-9-7-10-6(8)11-12-7/h3-5H2,1-2H3,(H4,8,9,10,11,12). The Balaban J connectivity index is 2.20. The average Bonchev–Trinajstić information content (AvgIpc) is 2.51. The van der Waals surface area contributed by atoms with E-state index in [2.05, 4.69) is 39.4 Å². The summed E-state index contributed by atoms with van der Waals surface area (Å²) >= 11 is 0. The number of H-pyrrole nitrogens is 1. The van der Waals surface area contributed by atoms with Crippen molar-refractivity contribution in [3.05, 3.63) is 0 Å². The lowest BCUT2D eigenvalue weighted by molar-refractivity contribution is 0.367. The molecule has 0 amide bonds. The molecule has 1 rings (SSSR count). The summed E-state index contributed by atoms with van der Waals surface area (Å²) in [5, 5.41) is 9.46. The maximum atomic E-state index is 5.36. The number of anilines is 2. The van der Waals surface area contributed by atoms with E-state index in [1.807, 2.05) is 0 Å². The molecule has 74 valence electrons. The summed E-state index contributed by atoms with van der Waals surface area (Å²) in [5.41, 5.74) is 5.36. The molecule has 4 N–H and O–H groups in total. The number of likely N-dealkylation sites (N-methyl/N-ethyl adjacent to an activating group) is 1. The molecule has 0 fully saturated rings. The first-order chi connectivity index (χ1) is 6.22. The normalized spacial score (nSPS) is 10.7. The zero-order chi connectivity index (χ0) is 9.68. The molecule has 13 heavy (non-hydrogen) atoms. The van der Waals surface area contributed by atoms with Gasteiger partial charge in [0.15, 0.2) is 0 Å². The zero-order valence-electron chi connectivity index (χ0n) is 8.04. The molecular formula is C7H16N6. The minimum Gasteiger partial charge on any atom is -0.368 e. The van der Waals surface area contributed by atoms with Crippen molar-refractivity contribution < 1.29 is 0 Å². The maximum absolute atomic E-state index is 5.36. The van der Waals surface area contributed by atoms with Crippen molar-refractivity contribution in [3.8, 4) is 0 Å². The van der Waals surface area contributed by atoms with Gasteiger partial charge in [-0.2, -0.15) is 4.98 Å². The number of rotatable bonds is 5. The molecular weight excluding hydrogens is 168 g/mol. The first-order valence-electron chi connectivity index (χ1n) is 4.32. The van der Waals surface area contributed by atoms with Crippen molar-refractivity contribution in [2.24, 2.45) is 0 Å². The van der Waals surface area contributed by atoms with Gasteiger partial charge in [-0.3, -0.25) is 0 Å². The summed E-state index contributed by atoms with van der Waals surface area (Å²) in [4.78, 5) is 6.11. The monoisotopic (exact) mass is 184 g/mol. The van der Waals surface area contributed by atoms with Gasteiger partial charge in [0, 0.05) is 13.1 Å². The lowest BCUT2D eigenvalue weighted by Crippen LogP contribution is -2.24. The molecule has 0 saturated heterocycles. The molecule has 0 saturated carbocycles. The van der Waals surface area contributed by atoms with Crippen LogP contribution < -0.4 is 11.1 Å². The molecule has 0 atom stereocenters. The van der Waals surface area contributed by atoms with Gasteiger partial charge in [-0.25, -0.2) is 5.10 Å². The van der Waals surface area contributed by atoms with Crippen LogP contribution in [0.1, 0.15) is 6.92 Å². The van der Waals surface area contributed by atoms with Crippen molar-refractivity contribution in [2.45, 2.75) is 6.92 Å². The number of aromatic nitrogens is 3. The number of hydrogen-bond acceptors (Lipinski definition) is 5. The van der Waals surface area contributed by atoms with Gasteiger partial charge in [-0.15, -0.1) is 5.10 Å². The van der Waals surface area contributed by atoms with Crippen LogP contribution >= 0.6 is 0 Å². The molecule has 0 radical (unpaired) electrons. The van der Waals surface area contributed by atoms with Crippen LogP contribution in [0, 0.1) is 0 Å². The summed E-state index contributed by atoms with van der Waals surface area (Å²) in [5.74, 6) is 0.897. The van der Waals surface area contributed by atoms with E-state index in [9.17, 15) is 0 Å². The largest absolute Gasteiger partial charge is 0.368 e. The molecule has 0 aliphatic carbocycles. The van der Waals surface area contributed by atoms with Crippen LogP contribution in [0.5, 0.6) is 0 Å². The van der Waals surface area contributed by atoms with Gasteiger partial charge in [0.05, 0.1) is 0 Å². The Bertz CT molecular complexity index is 245. The minimum atomic E-state index is 0.339. The number of hydrogen-bond donors (Lipinski definition) is 3. The van der Waals surface area contributed by atoms with Gasteiger partial charge in [0.1, 0.15) is 0 Å². The summed E-state index contributed by atoms with van der Waals surface area (Å²) < 4.78 is 0. The Morgan fingerprint density at radius 2 is 2.38 bits per heavy atom. The van der Waals surface area contributed by atoms with Crippen LogP contribution in [0.25, 0.3) is 0 Å². The maximum Gasteiger partial charge on any atom is 0.243 e. The van der Waals surface area contributed by atoms with E-state index in [-0.39, 0.29) is 0 Å². The first-order valence-corrected chi connectivity index (χ1v) is 4.32. The topological polar surface area (TPSA) is 82.9 Å². The highest BCUT2D eigenvalue weighted by molar-refractivity contribution is 5.29. The number of nitrogens with two attached hydrogens (primary N) is 1. The van der Waals surface area contributed by atoms with E-state index in [4.69, 9.17) is 5.73 Å². The van der Waals surface area contributed by atoms with E-state index < -0.39 is 0 Å². The van der Waals surface area contributed by atoms with Crippen molar-refractivity contribution in [1.82, 2.24) is 20.1 Å². The van der Waals surface area contributed by atoms with Crippen molar-refractivity contribution in [1.29, 1.82) is 0 Å². The number of aromatic amines is 1.